The van der Waals surface area contributed by atoms with Gasteiger partial charge in [0, 0.05) is 5.38 Å². The monoisotopic (exact) mass is 228 g/mol. The van der Waals surface area contributed by atoms with Gasteiger partial charge in [0.05, 0.1) is 12.1 Å². The van der Waals surface area contributed by atoms with Crippen molar-refractivity contribution >= 4 is 23.3 Å². The van der Waals surface area contributed by atoms with Crippen molar-refractivity contribution in [3.63, 3.8) is 0 Å². The molecule has 1 aromatic heterocycles. The molecule has 2 amide bonds. The summed E-state index contributed by atoms with van der Waals surface area (Å²) >= 11 is 1.47. The lowest BCUT2D eigenvalue weighted by Crippen LogP contribution is -2.29. The van der Waals surface area contributed by atoms with E-state index in [0.717, 1.165) is 5.56 Å². The van der Waals surface area contributed by atoms with E-state index in [2.05, 4.69) is 10.1 Å². The fraction of sp³-hybridized carbons (Fsp3) is 0.333. The van der Waals surface area contributed by atoms with Crippen molar-refractivity contribution in [2.24, 2.45) is 5.73 Å². The third-order valence-corrected chi connectivity index (χ3v) is 2.59. The molecule has 0 aliphatic rings. The molecule has 6 heteroatoms. The number of nitrogens with two attached hydrogens (primary N) is 1. The number of hydrogen-bond acceptors (Lipinski definition) is 4. The molecule has 5 nitrogen and oxygen atoms in total. The standard InChI is InChI=1S/C9H12N2O3S/c1-6-4-15-5-7(6)8(12)11-2-3-14-9(10)13/h4-5H,2-3H2,1H3,(H2,10,13)(H,11,12). The van der Waals surface area contributed by atoms with E-state index >= 15 is 0 Å². The quantitative estimate of drug-likeness (QED) is 0.750. The summed E-state index contributed by atoms with van der Waals surface area (Å²) in [5, 5.41) is 6.29. The average molecular weight is 228 g/mol. The van der Waals surface area contributed by atoms with Crippen LogP contribution in [0.15, 0.2) is 10.8 Å². The number of carbonyl (C=O) groups is 2. The van der Waals surface area contributed by atoms with E-state index in [4.69, 9.17) is 5.73 Å². The van der Waals surface area contributed by atoms with Crippen molar-refractivity contribution in [3.8, 4) is 0 Å². The van der Waals surface area contributed by atoms with Crippen LogP contribution in [0.3, 0.4) is 0 Å². The summed E-state index contributed by atoms with van der Waals surface area (Å²) in [4.78, 5) is 21.7. The first kappa shape index (κ1) is 11.5. The van der Waals surface area contributed by atoms with Crippen LogP contribution in [0.1, 0.15) is 15.9 Å². The fourth-order valence-electron chi connectivity index (χ4n) is 1.00. The van der Waals surface area contributed by atoms with Gasteiger partial charge >= 0.3 is 6.09 Å². The minimum Gasteiger partial charge on any atom is -0.448 e. The number of aryl methyl sites for hydroxylation is 1. The molecule has 0 radical (unpaired) electrons. The second-order valence-corrected chi connectivity index (χ2v) is 3.64. The first-order valence-corrected chi connectivity index (χ1v) is 5.28. The van der Waals surface area contributed by atoms with Crippen LogP contribution in [0.25, 0.3) is 0 Å². The normalized spacial score (nSPS) is 9.67. The lowest BCUT2D eigenvalue weighted by Gasteiger charge is -2.04. The molecule has 0 fully saturated rings. The molecule has 0 saturated heterocycles. The molecule has 0 aliphatic carbocycles. The maximum atomic E-state index is 11.5. The Balaban J connectivity index is 2.31. The van der Waals surface area contributed by atoms with Gasteiger partial charge in [0.15, 0.2) is 0 Å². The molecular formula is C9H12N2O3S. The van der Waals surface area contributed by atoms with Crippen LogP contribution in [0, 0.1) is 6.92 Å². The predicted octanol–water partition coefficient (Wildman–Crippen LogP) is 0.882. The molecule has 0 unspecified atom stereocenters. The number of primary amides is 1. The molecule has 0 saturated carbocycles. The molecule has 1 heterocycles. The number of carbonyl (C=O) groups excluding carboxylic acids is 2. The van der Waals surface area contributed by atoms with Crippen molar-refractivity contribution in [1.82, 2.24) is 5.32 Å². The van der Waals surface area contributed by atoms with Gasteiger partial charge in [0.2, 0.25) is 0 Å². The number of amides is 2. The van der Waals surface area contributed by atoms with Crippen LogP contribution in [0.4, 0.5) is 4.79 Å². The molecule has 0 atom stereocenters. The van der Waals surface area contributed by atoms with Gasteiger partial charge in [-0.3, -0.25) is 4.79 Å². The molecule has 0 bridgehead atoms. The average Bonchev–Trinajstić information content (AvgIpc) is 2.58. The second kappa shape index (κ2) is 5.35. The van der Waals surface area contributed by atoms with Crippen molar-refractivity contribution in [1.29, 1.82) is 0 Å². The van der Waals surface area contributed by atoms with Crippen LogP contribution in [0.2, 0.25) is 0 Å². The minimum absolute atomic E-state index is 0.0876. The lowest BCUT2D eigenvalue weighted by molar-refractivity contribution is 0.0936. The van der Waals surface area contributed by atoms with Gasteiger partial charge in [-0.25, -0.2) is 4.79 Å². The molecule has 15 heavy (non-hydrogen) atoms. The van der Waals surface area contributed by atoms with E-state index in [-0.39, 0.29) is 19.1 Å². The Bertz CT molecular complexity index is 362. The summed E-state index contributed by atoms with van der Waals surface area (Å²) in [6.07, 6.45) is -0.837. The zero-order chi connectivity index (χ0) is 11.3. The number of thiophene rings is 1. The van der Waals surface area contributed by atoms with Gasteiger partial charge < -0.3 is 15.8 Å². The Morgan fingerprint density at radius 2 is 2.27 bits per heavy atom. The SMILES string of the molecule is Cc1cscc1C(=O)NCCOC(N)=O. The number of nitrogens with one attached hydrogen (secondary N) is 1. The van der Waals surface area contributed by atoms with Crippen molar-refractivity contribution in [3.05, 3.63) is 21.9 Å². The van der Waals surface area contributed by atoms with Crippen molar-refractivity contribution < 1.29 is 14.3 Å². The van der Waals surface area contributed by atoms with Crippen LogP contribution in [-0.4, -0.2) is 25.2 Å². The summed E-state index contributed by atoms with van der Waals surface area (Å²) in [6.45, 7) is 2.21. The number of rotatable bonds is 4. The molecule has 0 spiro atoms. The van der Waals surface area contributed by atoms with Gasteiger partial charge in [-0.15, -0.1) is 0 Å². The molecule has 82 valence electrons. The van der Waals surface area contributed by atoms with E-state index in [9.17, 15) is 9.59 Å². The van der Waals surface area contributed by atoms with E-state index in [1.807, 2.05) is 12.3 Å². The summed E-state index contributed by atoms with van der Waals surface area (Å²) in [7, 11) is 0. The predicted molar refractivity (Wildman–Crippen MR) is 56.9 cm³/mol. The van der Waals surface area contributed by atoms with Gasteiger partial charge in [-0.1, -0.05) is 0 Å². The zero-order valence-corrected chi connectivity index (χ0v) is 9.10. The van der Waals surface area contributed by atoms with Crippen LogP contribution in [-0.2, 0) is 4.74 Å². The van der Waals surface area contributed by atoms with Crippen LogP contribution < -0.4 is 11.1 Å². The third-order valence-electron chi connectivity index (χ3n) is 1.73. The largest absolute Gasteiger partial charge is 0.448 e. The van der Waals surface area contributed by atoms with E-state index < -0.39 is 6.09 Å². The molecule has 1 aromatic rings. The Morgan fingerprint density at radius 1 is 1.53 bits per heavy atom. The van der Waals surface area contributed by atoms with Crippen molar-refractivity contribution in [2.75, 3.05) is 13.2 Å². The molecule has 0 aliphatic heterocycles. The van der Waals surface area contributed by atoms with Crippen molar-refractivity contribution in [2.45, 2.75) is 6.92 Å². The summed E-state index contributed by atoms with van der Waals surface area (Å²) in [5.74, 6) is -0.165. The Kier molecular flexibility index (Phi) is 4.11. The highest BCUT2D eigenvalue weighted by Crippen LogP contribution is 2.12. The van der Waals surface area contributed by atoms with Crippen LogP contribution >= 0.6 is 11.3 Å². The molecule has 3 N–H and O–H groups in total. The highest BCUT2D eigenvalue weighted by atomic mass is 32.1. The minimum atomic E-state index is -0.837. The first-order chi connectivity index (χ1) is 7.11. The topological polar surface area (TPSA) is 81.4 Å². The highest BCUT2D eigenvalue weighted by Gasteiger charge is 2.08. The molecule has 0 aromatic carbocycles. The van der Waals surface area contributed by atoms with Gasteiger partial charge in [-0.05, 0) is 17.9 Å². The highest BCUT2D eigenvalue weighted by molar-refractivity contribution is 7.08. The van der Waals surface area contributed by atoms with E-state index in [1.54, 1.807) is 5.38 Å². The maximum absolute atomic E-state index is 11.5. The zero-order valence-electron chi connectivity index (χ0n) is 8.28. The van der Waals surface area contributed by atoms with E-state index in [1.165, 1.54) is 11.3 Å². The van der Waals surface area contributed by atoms with E-state index in [0.29, 0.717) is 5.56 Å². The first-order valence-electron chi connectivity index (χ1n) is 4.34. The summed E-state index contributed by atoms with van der Waals surface area (Å²) < 4.78 is 4.47. The van der Waals surface area contributed by atoms with Gasteiger partial charge in [0.25, 0.3) is 5.91 Å². The lowest BCUT2D eigenvalue weighted by atomic mass is 10.2. The fourth-order valence-corrected chi connectivity index (χ4v) is 1.83. The third kappa shape index (κ3) is 3.59. The number of hydrogen-bond donors (Lipinski definition) is 2. The Labute approximate surface area is 91.2 Å². The summed E-state index contributed by atoms with van der Waals surface area (Å²) in [5.41, 5.74) is 6.35. The van der Waals surface area contributed by atoms with Crippen LogP contribution in [0.5, 0.6) is 0 Å². The van der Waals surface area contributed by atoms with Gasteiger partial charge in [0.1, 0.15) is 6.61 Å². The second-order valence-electron chi connectivity index (χ2n) is 2.89. The smallest absolute Gasteiger partial charge is 0.404 e. The summed E-state index contributed by atoms with van der Waals surface area (Å²) in [6, 6.07) is 0. The Hall–Kier alpha value is -1.56. The molecular weight excluding hydrogens is 216 g/mol. The Morgan fingerprint density at radius 3 is 2.80 bits per heavy atom. The maximum Gasteiger partial charge on any atom is 0.404 e. The molecule has 1 rings (SSSR count). The van der Waals surface area contributed by atoms with Gasteiger partial charge in [-0.2, -0.15) is 11.3 Å². The number of ether oxygens (including phenoxy) is 1.